The number of nitrogens with zero attached hydrogens (tertiary/aromatic N) is 2. The van der Waals surface area contributed by atoms with Crippen molar-refractivity contribution in [1.82, 2.24) is 10.2 Å². The van der Waals surface area contributed by atoms with E-state index >= 15 is 0 Å². The molecule has 0 aliphatic rings. The van der Waals surface area contributed by atoms with Crippen molar-refractivity contribution in [3.63, 3.8) is 0 Å². The Morgan fingerprint density at radius 1 is 0.791 bits per heavy atom. The largest absolute Gasteiger partial charge is 0.352 e. The number of halogens is 1. The highest BCUT2D eigenvalue weighted by Gasteiger charge is 2.34. The average molecular weight is 602 g/mol. The minimum Gasteiger partial charge on any atom is -0.352 e. The first-order valence-corrected chi connectivity index (χ1v) is 15.6. The monoisotopic (exact) mass is 601 g/mol. The maximum atomic E-state index is 14.3. The fourth-order valence-corrected chi connectivity index (χ4v) is 6.05. The van der Waals surface area contributed by atoms with Gasteiger partial charge in [0.05, 0.1) is 10.6 Å². The van der Waals surface area contributed by atoms with Crippen molar-refractivity contribution < 1.29 is 22.4 Å². The summed E-state index contributed by atoms with van der Waals surface area (Å²) in [6.07, 6.45) is 0.936. The van der Waals surface area contributed by atoms with Crippen LogP contribution in [0.3, 0.4) is 0 Å². The smallest absolute Gasteiger partial charge is 0.264 e. The van der Waals surface area contributed by atoms with Crippen molar-refractivity contribution >= 4 is 27.5 Å². The van der Waals surface area contributed by atoms with Crippen molar-refractivity contribution in [2.45, 2.75) is 50.2 Å². The molecule has 2 atom stereocenters. The second-order valence-electron chi connectivity index (χ2n) is 10.3. The van der Waals surface area contributed by atoms with E-state index in [-0.39, 0.29) is 35.5 Å². The first-order valence-electron chi connectivity index (χ1n) is 14.2. The SMILES string of the molecule is CC[C@H](C)NC(=O)[C@H](Cc1ccccc1)N(Cc1ccccc1)C(=O)CN(c1ccccc1)S(=O)(=O)c1ccc(F)cc1. The first-order chi connectivity index (χ1) is 20.7. The first kappa shape index (κ1) is 31.4. The summed E-state index contributed by atoms with van der Waals surface area (Å²) in [5, 5.41) is 3.02. The molecule has 2 amide bonds. The molecule has 0 saturated carbocycles. The van der Waals surface area contributed by atoms with E-state index in [2.05, 4.69) is 5.32 Å². The molecule has 0 spiro atoms. The van der Waals surface area contributed by atoms with Crippen molar-refractivity contribution in [1.29, 1.82) is 0 Å². The van der Waals surface area contributed by atoms with E-state index in [1.165, 1.54) is 17.0 Å². The molecule has 0 heterocycles. The van der Waals surface area contributed by atoms with Crippen LogP contribution >= 0.6 is 0 Å². The number of carbonyl (C=O) groups is 2. The van der Waals surface area contributed by atoms with Crippen molar-refractivity contribution in [2.24, 2.45) is 0 Å². The lowest BCUT2D eigenvalue weighted by Crippen LogP contribution is -2.54. The molecule has 9 heteroatoms. The van der Waals surface area contributed by atoms with Crippen LogP contribution in [0.2, 0.25) is 0 Å². The molecule has 0 bridgehead atoms. The van der Waals surface area contributed by atoms with Gasteiger partial charge in [-0.1, -0.05) is 85.8 Å². The lowest BCUT2D eigenvalue weighted by atomic mass is 10.0. The fraction of sp³-hybridized carbons (Fsp3) is 0.235. The summed E-state index contributed by atoms with van der Waals surface area (Å²) in [6, 6.07) is 30.4. The number of sulfonamides is 1. The van der Waals surface area contributed by atoms with Crippen molar-refractivity contribution in [2.75, 3.05) is 10.8 Å². The number of rotatable bonds is 13. The van der Waals surface area contributed by atoms with E-state index in [1.807, 2.05) is 74.5 Å². The minimum atomic E-state index is -4.28. The van der Waals surface area contributed by atoms with Crippen LogP contribution in [-0.2, 0) is 32.6 Å². The Morgan fingerprint density at radius 3 is 1.88 bits per heavy atom. The van der Waals surface area contributed by atoms with Gasteiger partial charge in [-0.25, -0.2) is 12.8 Å². The zero-order valence-electron chi connectivity index (χ0n) is 24.3. The molecule has 0 aliphatic heterocycles. The Morgan fingerprint density at radius 2 is 1.33 bits per heavy atom. The van der Waals surface area contributed by atoms with Crippen LogP contribution in [0.5, 0.6) is 0 Å². The molecule has 1 N–H and O–H groups in total. The topological polar surface area (TPSA) is 86.8 Å². The molecule has 0 fully saturated rings. The van der Waals surface area contributed by atoms with E-state index in [1.54, 1.807) is 30.3 Å². The summed E-state index contributed by atoms with van der Waals surface area (Å²) in [7, 11) is -4.28. The van der Waals surface area contributed by atoms with Crippen molar-refractivity contribution in [3.8, 4) is 0 Å². The van der Waals surface area contributed by atoms with Gasteiger partial charge in [-0.3, -0.25) is 13.9 Å². The second kappa shape index (κ2) is 14.6. The van der Waals surface area contributed by atoms with E-state index in [4.69, 9.17) is 0 Å². The number of nitrogens with one attached hydrogen (secondary N) is 1. The third-order valence-electron chi connectivity index (χ3n) is 7.19. The van der Waals surface area contributed by atoms with Crippen LogP contribution in [-0.4, -0.2) is 43.8 Å². The molecule has 4 rings (SSSR count). The molecule has 0 radical (unpaired) electrons. The van der Waals surface area contributed by atoms with Gasteiger partial charge in [-0.2, -0.15) is 0 Å². The molecular formula is C34H36FN3O4S. The number of hydrogen-bond acceptors (Lipinski definition) is 4. The van der Waals surface area contributed by atoms with Crippen LogP contribution < -0.4 is 9.62 Å². The summed E-state index contributed by atoms with van der Waals surface area (Å²) >= 11 is 0. The van der Waals surface area contributed by atoms with Gasteiger partial charge in [0.25, 0.3) is 10.0 Å². The van der Waals surface area contributed by atoms with Crippen LogP contribution in [0.25, 0.3) is 0 Å². The Balaban J connectivity index is 1.77. The van der Waals surface area contributed by atoms with Crippen molar-refractivity contribution in [3.05, 3.63) is 132 Å². The second-order valence-corrected chi connectivity index (χ2v) is 12.2. The van der Waals surface area contributed by atoms with Gasteiger partial charge < -0.3 is 10.2 Å². The number of anilines is 1. The summed E-state index contributed by atoms with van der Waals surface area (Å²) < 4.78 is 42.5. The van der Waals surface area contributed by atoms with Crippen LogP contribution in [0.1, 0.15) is 31.4 Å². The molecular weight excluding hydrogens is 565 g/mol. The molecule has 7 nitrogen and oxygen atoms in total. The molecule has 4 aromatic rings. The van der Waals surface area contributed by atoms with Crippen LogP contribution in [0.15, 0.2) is 120 Å². The van der Waals surface area contributed by atoms with Gasteiger partial charge in [0.2, 0.25) is 11.8 Å². The normalized spacial score (nSPS) is 12.6. The third kappa shape index (κ3) is 8.29. The maximum absolute atomic E-state index is 14.3. The standard InChI is InChI=1S/C34H36FN3O4S/c1-3-26(2)36-34(40)32(23-27-13-7-4-8-14-27)37(24-28-15-9-5-10-16-28)33(39)25-38(30-17-11-6-12-18-30)43(41,42)31-21-19-29(35)20-22-31/h4-22,26,32H,3,23-25H2,1-2H3,(H,36,40)/t26-,32-/m0/s1. The number of benzene rings is 4. The Kier molecular flexibility index (Phi) is 10.7. The molecule has 43 heavy (non-hydrogen) atoms. The lowest BCUT2D eigenvalue weighted by molar-refractivity contribution is -0.140. The van der Waals surface area contributed by atoms with Gasteiger partial charge in [0, 0.05) is 19.0 Å². The maximum Gasteiger partial charge on any atom is 0.264 e. The minimum absolute atomic E-state index is 0.0876. The third-order valence-corrected chi connectivity index (χ3v) is 8.98. The van der Waals surface area contributed by atoms with Gasteiger partial charge in [-0.05, 0) is 60.9 Å². The number of amides is 2. The Bertz CT molecular complexity index is 1590. The molecule has 4 aromatic carbocycles. The van der Waals surface area contributed by atoms with E-state index < -0.39 is 34.3 Å². The van der Waals surface area contributed by atoms with Gasteiger partial charge in [0.1, 0.15) is 18.4 Å². The summed E-state index contributed by atoms with van der Waals surface area (Å²) in [6.45, 7) is 3.37. The highest BCUT2D eigenvalue weighted by Crippen LogP contribution is 2.25. The molecule has 0 aliphatic carbocycles. The van der Waals surface area contributed by atoms with Gasteiger partial charge >= 0.3 is 0 Å². The van der Waals surface area contributed by atoms with E-state index in [0.717, 1.165) is 27.6 Å². The lowest BCUT2D eigenvalue weighted by Gasteiger charge is -2.34. The van der Waals surface area contributed by atoms with E-state index in [9.17, 15) is 22.4 Å². The predicted octanol–water partition coefficient (Wildman–Crippen LogP) is 5.58. The highest BCUT2D eigenvalue weighted by molar-refractivity contribution is 7.92. The van der Waals surface area contributed by atoms with Gasteiger partial charge in [0.15, 0.2) is 0 Å². The average Bonchev–Trinajstić information content (AvgIpc) is 3.02. The Labute approximate surface area is 253 Å². The number of carbonyl (C=O) groups excluding carboxylic acids is 2. The predicted molar refractivity (Wildman–Crippen MR) is 166 cm³/mol. The molecule has 0 aromatic heterocycles. The molecule has 0 saturated heterocycles. The number of para-hydroxylation sites is 1. The highest BCUT2D eigenvalue weighted by atomic mass is 32.2. The zero-order valence-corrected chi connectivity index (χ0v) is 25.1. The Hall–Kier alpha value is -4.50. The van der Waals surface area contributed by atoms with Crippen LogP contribution in [0.4, 0.5) is 10.1 Å². The van der Waals surface area contributed by atoms with Gasteiger partial charge in [-0.15, -0.1) is 0 Å². The summed E-state index contributed by atoms with van der Waals surface area (Å²) in [4.78, 5) is 29.4. The van der Waals surface area contributed by atoms with E-state index in [0.29, 0.717) is 6.42 Å². The zero-order chi connectivity index (χ0) is 30.8. The molecule has 224 valence electrons. The quantitative estimate of drug-likeness (QED) is 0.217. The summed E-state index contributed by atoms with van der Waals surface area (Å²) in [5.74, 6) is -1.46. The number of hydrogen-bond donors (Lipinski definition) is 1. The summed E-state index contributed by atoms with van der Waals surface area (Å²) in [5.41, 5.74) is 1.91. The van der Waals surface area contributed by atoms with Crippen LogP contribution in [0, 0.1) is 5.82 Å². The fourth-order valence-electron chi connectivity index (χ4n) is 4.63. The molecule has 0 unspecified atom stereocenters.